The van der Waals surface area contributed by atoms with Gasteiger partial charge in [0.1, 0.15) is 0 Å². The number of thioether (sulfide) groups is 1. The average molecular weight is 717 g/mol. The molecule has 4 aliphatic heterocycles. The molecule has 3 aromatic carbocycles. The second-order valence-corrected chi connectivity index (χ2v) is 18.7. The van der Waals surface area contributed by atoms with Gasteiger partial charge in [-0.3, -0.25) is 0 Å². The van der Waals surface area contributed by atoms with E-state index < -0.39 is 0 Å². The molecule has 0 bridgehead atoms. The zero-order valence-corrected chi connectivity index (χ0v) is 31.6. The van der Waals surface area contributed by atoms with Crippen molar-refractivity contribution in [3.8, 4) is 0 Å². The molecule has 0 amide bonds. The van der Waals surface area contributed by atoms with Gasteiger partial charge in [0.25, 0.3) is 0 Å². The van der Waals surface area contributed by atoms with Gasteiger partial charge in [0, 0.05) is 56.1 Å². The van der Waals surface area contributed by atoms with Gasteiger partial charge in [-0.2, -0.15) is 0 Å². The number of anilines is 1. The van der Waals surface area contributed by atoms with Crippen LogP contribution in [0.15, 0.2) is 148 Å². The lowest BCUT2D eigenvalue weighted by molar-refractivity contribution is 0.360. The zero-order valence-electron chi connectivity index (χ0n) is 29.9. The number of hydrogen-bond donors (Lipinski definition) is 1. The van der Waals surface area contributed by atoms with E-state index in [2.05, 4.69) is 155 Å². The van der Waals surface area contributed by atoms with Gasteiger partial charge in [0.05, 0.1) is 11.5 Å². The van der Waals surface area contributed by atoms with Crippen molar-refractivity contribution in [2.75, 3.05) is 11.4 Å². The smallest absolute Gasteiger partial charge is 0.0594 e. The van der Waals surface area contributed by atoms with E-state index in [9.17, 15) is 0 Å². The van der Waals surface area contributed by atoms with Crippen LogP contribution in [0.3, 0.4) is 0 Å². The van der Waals surface area contributed by atoms with E-state index in [0.29, 0.717) is 40.3 Å². The van der Waals surface area contributed by atoms with Crippen molar-refractivity contribution in [3.63, 3.8) is 0 Å². The number of rotatable bonds is 3. The molecule has 1 spiro atoms. The van der Waals surface area contributed by atoms with Gasteiger partial charge in [0.2, 0.25) is 0 Å². The number of nitrogens with one attached hydrogen (secondary N) is 1. The fraction of sp³-hybridized carbons (Fsp3) is 0.375. The van der Waals surface area contributed by atoms with Crippen molar-refractivity contribution in [1.29, 1.82) is 0 Å². The maximum Gasteiger partial charge on any atom is 0.0594 e. The Labute approximate surface area is 318 Å². The molecule has 1 saturated heterocycles. The first-order valence-corrected chi connectivity index (χ1v) is 21.8. The first-order chi connectivity index (χ1) is 25.8. The summed E-state index contributed by atoms with van der Waals surface area (Å²) in [5, 5.41) is 5.07. The number of para-hydroxylation sites is 1. The third-order valence-electron chi connectivity index (χ3n) is 13.7. The first-order valence-electron chi connectivity index (χ1n) is 20.1. The molecule has 11 rings (SSSR count). The van der Waals surface area contributed by atoms with Crippen molar-refractivity contribution in [3.05, 3.63) is 161 Å². The average Bonchev–Trinajstić information content (AvgIpc) is 3.56. The van der Waals surface area contributed by atoms with Crippen LogP contribution in [0.1, 0.15) is 92.0 Å². The quantitative estimate of drug-likeness (QED) is 0.271. The third-order valence-corrected chi connectivity index (χ3v) is 16.5. The van der Waals surface area contributed by atoms with Gasteiger partial charge >= 0.3 is 0 Å². The Morgan fingerprint density at radius 2 is 1.63 bits per heavy atom. The normalized spacial score (nSPS) is 33.9. The maximum atomic E-state index is 3.79. The van der Waals surface area contributed by atoms with Gasteiger partial charge in [-0.1, -0.05) is 109 Å². The summed E-state index contributed by atoms with van der Waals surface area (Å²) in [7, 11) is 0. The first kappa shape index (κ1) is 32.0. The largest absolute Gasteiger partial charge is 0.337 e. The molecular formula is C48H48N2S2. The van der Waals surface area contributed by atoms with Gasteiger partial charge in [0.15, 0.2) is 0 Å². The molecule has 0 radical (unpaired) electrons. The molecule has 1 fully saturated rings. The summed E-state index contributed by atoms with van der Waals surface area (Å²) in [6, 6.07) is 27.5. The highest BCUT2D eigenvalue weighted by molar-refractivity contribution is 8.00. The summed E-state index contributed by atoms with van der Waals surface area (Å²) in [6.07, 6.45) is 33.3. The second kappa shape index (κ2) is 12.9. The minimum absolute atomic E-state index is 0.0981. The summed E-state index contributed by atoms with van der Waals surface area (Å²) in [6.45, 7) is 0.957. The van der Waals surface area contributed by atoms with E-state index in [-0.39, 0.29) is 5.41 Å². The molecule has 3 aromatic rings. The molecule has 262 valence electrons. The van der Waals surface area contributed by atoms with Crippen LogP contribution in [0, 0.1) is 11.8 Å². The minimum Gasteiger partial charge on any atom is -0.337 e. The molecule has 52 heavy (non-hydrogen) atoms. The molecule has 4 aliphatic carbocycles. The predicted molar refractivity (Wildman–Crippen MR) is 219 cm³/mol. The Bertz CT molecular complexity index is 2100. The van der Waals surface area contributed by atoms with E-state index in [1.54, 1.807) is 28.0 Å². The van der Waals surface area contributed by atoms with Crippen LogP contribution in [0.5, 0.6) is 0 Å². The monoisotopic (exact) mass is 716 g/mol. The van der Waals surface area contributed by atoms with Crippen molar-refractivity contribution in [2.24, 2.45) is 11.8 Å². The van der Waals surface area contributed by atoms with E-state index in [0.717, 1.165) is 32.2 Å². The highest BCUT2D eigenvalue weighted by Crippen LogP contribution is 2.65. The van der Waals surface area contributed by atoms with Crippen molar-refractivity contribution >= 4 is 29.2 Å². The molecule has 0 saturated carbocycles. The van der Waals surface area contributed by atoms with E-state index in [4.69, 9.17) is 0 Å². The van der Waals surface area contributed by atoms with Crippen LogP contribution in [-0.2, 0) is 5.41 Å². The van der Waals surface area contributed by atoms with E-state index >= 15 is 0 Å². The van der Waals surface area contributed by atoms with E-state index in [1.807, 2.05) is 0 Å². The van der Waals surface area contributed by atoms with Crippen molar-refractivity contribution < 1.29 is 0 Å². The zero-order chi connectivity index (χ0) is 34.2. The topological polar surface area (TPSA) is 15.3 Å². The number of allylic oxidation sites excluding steroid dienone is 7. The third kappa shape index (κ3) is 4.82. The van der Waals surface area contributed by atoms with Crippen LogP contribution >= 0.6 is 23.5 Å². The molecule has 2 nitrogen and oxygen atoms in total. The van der Waals surface area contributed by atoms with Crippen LogP contribution in [0.4, 0.5) is 5.69 Å². The molecular weight excluding hydrogens is 669 g/mol. The number of fused-ring (bicyclic) bond motifs is 10. The van der Waals surface area contributed by atoms with Gasteiger partial charge in [-0.25, -0.2) is 0 Å². The standard InChI is InChI=1S/C48H48N2S2/c1-2-13-33(14-3-1)50-41-20-7-4-15-35(41)47-34(16-12-21-42(47)50)31-24-26-38-45(29-31)52-46-30-32(40-19-10-11-28-49-40)25-27-39(46)48(38)36-17-5-8-22-43(36)51-44-23-9-6-18-37(44)48/h1-5,10-15,17-18,21,24-27,29-30,34,36,40,42-44,47,49H,6-9,16,19-20,22-23,28H2. The molecule has 4 heteroatoms. The lowest BCUT2D eigenvalue weighted by Crippen LogP contribution is -2.52. The van der Waals surface area contributed by atoms with Crippen LogP contribution in [0.2, 0.25) is 0 Å². The lowest BCUT2D eigenvalue weighted by atomic mass is 9.56. The lowest BCUT2D eigenvalue weighted by Gasteiger charge is -2.56. The summed E-state index contributed by atoms with van der Waals surface area (Å²) < 4.78 is 0. The summed E-state index contributed by atoms with van der Waals surface area (Å²) in [5.74, 6) is 1.40. The molecule has 8 aliphatic rings. The molecule has 1 N–H and O–H groups in total. The molecule has 8 unspecified atom stereocenters. The van der Waals surface area contributed by atoms with Crippen molar-refractivity contribution in [2.45, 2.75) is 101 Å². The molecule has 0 aromatic heterocycles. The predicted octanol–water partition coefficient (Wildman–Crippen LogP) is 11.7. The number of nitrogens with zero attached hydrogens (tertiary/aromatic N) is 1. The van der Waals surface area contributed by atoms with Gasteiger partial charge in [-0.15, -0.1) is 11.8 Å². The second-order valence-electron chi connectivity index (χ2n) is 16.2. The SMILES string of the molecule is C1=CC2=C(CC1)N(c1ccccc1)C1C=CCC(c3ccc4c(c3)Sc3cc(C5CC=CCN5)ccc3C43C4=CCCCC4SC4CCC=CC43)C21. The Kier molecular flexibility index (Phi) is 7.92. The van der Waals surface area contributed by atoms with Crippen LogP contribution < -0.4 is 10.2 Å². The highest BCUT2D eigenvalue weighted by atomic mass is 32.2. The fourth-order valence-corrected chi connectivity index (χ4v) is 14.7. The Morgan fingerprint density at radius 3 is 2.50 bits per heavy atom. The molecule has 4 heterocycles. The Hall–Kier alpha value is -3.44. The Morgan fingerprint density at radius 1 is 0.769 bits per heavy atom. The van der Waals surface area contributed by atoms with Crippen LogP contribution in [0.25, 0.3) is 0 Å². The van der Waals surface area contributed by atoms with Gasteiger partial charge in [-0.05, 0) is 121 Å². The molecule has 8 atom stereocenters. The minimum atomic E-state index is -0.0981. The highest BCUT2D eigenvalue weighted by Gasteiger charge is 2.57. The van der Waals surface area contributed by atoms with Gasteiger partial charge < -0.3 is 10.2 Å². The summed E-state index contributed by atoms with van der Waals surface area (Å²) in [5.41, 5.74) is 12.2. The summed E-state index contributed by atoms with van der Waals surface area (Å²) in [4.78, 5) is 5.68. The number of hydrogen-bond acceptors (Lipinski definition) is 4. The van der Waals surface area contributed by atoms with E-state index in [1.165, 1.54) is 58.7 Å². The van der Waals surface area contributed by atoms with Crippen molar-refractivity contribution in [1.82, 2.24) is 5.32 Å². The maximum absolute atomic E-state index is 3.79. The summed E-state index contributed by atoms with van der Waals surface area (Å²) >= 11 is 4.39. The fourth-order valence-electron chi connectivity index (χ4n) is 11.5. The Balaban J connectivity index is 1.07. The van der Waals surface area contributed by atoms with Crippen LogP contribution in [-0.4, -0.2) is 23.1 Å². The number of benzene rings is 3.